The van der Waals surface area contributed by atoms with Crippen LogP contribution in [0.15, 0.2) is 16.9 Å². The Morgan fingerprint density at radius 1 is 1.27 bits per heavy atom. The highest BCUT2D eigenvalue weighted by molar-refractivity contribution is 9.10. The van der Waals surface area contributed by atoms with Crippen LogP contribution in [0.2, 0.25) is 0 Å². The van der Waals surface area contributed by atoms with Crippen LogP contribution in [0.5, 0.6) is 0 Å². The number of pyridine rings is 1. The molecule has 2 N–H and O–H groups in total. The smallest absolute Gasteiger partial charge is 0.408 e. The first kappa shape index (κ1) is 22.8. The van der Waals surface area contributed by atoms with E-state index < -0.39 is 17.7 Å². The lowest BCUT2D eigenvalue weighted by atomic mass is 10.2. The standard InChI is InChI=1S/C18H28BrN3O3S/c1-11-8-12(9-20-14(11)19)21-15(23)13(10-26-18(5,6)7)22-16(24)25-17(2,3)4/h8-9,13H,10H2,1-7H3,(H,21,23)(H,22,24)/t13-/m0/s1. The molecule has 6 nitrogen and oxygen atoms in total. The molecule has 1 aromatic rings. The summed E-state index contributed by atoms with van der Waals surface area (Å²) in [7, 11) is 0. The SMILES string of the molecule is Cc1cc(NC(=O)[C@H](CSC(C)(C)C)NC(=O)OC(C)(C)C)cnc1Br. The average molecular weight is 446 g/mol. The quantitative estimate of drug-likeness (QED) is 0.651. The van der Waals surface area contributed by atoms with Gasteiger partial charge in [-0.1, -0.05) is 20.8 Å². The number of alkyl carbamates (subject to hydrolysis) is 1. The van der Waals surface area contributed by atoms with E-state index in [4.69, 9.17) is 4.74 Å². The second-order valence-corrected chi connectivity index (χ2v) is 10.5. The summed E-state index contributed by atoms with van der Waals surface area (Å²) in [5.74, 6) is 0.119. The van der Waals surface area contributed by atoms with E-state index in [1.807, 2.05) is 13.0 Å². The molecule has 1 atom stereocenters. The van der Waals surface area contributed by atoms with E-state index in [0.29, 0.717) is 11.4 Å². The Bertz CT molecular complexity index is 654. The minimum atomic E-state index is -0.724. The lowest BCUT2D eigenvalue weighted by Crippen LogP contribution is -2.47. The minimum Gasteiger partial charge on any atom is -0.444 e. The molecule has 146 valence electrons. The van der Waals surface area contributed by atoms with Crippen molar-refractivity contribution in [1.29, 1.82) is 0 Å². The van der Waals surface area contributed by atoms with Crippen LogP contribution < -0.4 is 10.6 Å². The van der Waals surface area contributed by atoms with Crippen molar-refractivity contribution in [2.75, 3.05) is 11.1 Å². The largest absolute Gasteiger partial charge is 0.444 e. The fourth-order valence-electron chi connectivity index (χ4n) is 1.82. The van der Waals surface area contributed by atoms with Crippen LogP contribution in [-0.4, -0.2) is 39.1 Å². The molecular weight excluding hydrogens is 418 g/mol. The molecule has 1 aromatic heterocycles. The molecule has 0 saturated carbocycles. The van der Waals surface area contributed by atoms with Gasteiger partial charge in [0.15, 0.2) is 0 Å². The number of aryl methyl sites for hydroxylation is 1. The van der Waals surface area contributed by atoms with Crippen molar-refractivity contribution in [2.45, 2.75) is 64.9 Å². The van der Waals surface area contributed by atoms with Gasteiger partial charge in [0, 0.05) is 10.5 Å². The Labute approximate surface area is 168 Å². The van der Waals surface area contributed by atoms with E-state index in [1.165, 1.54) is 0 Å². The maximum Gasteiger partial charge on any atom is 0.408 e. The molecule has 8 heteroatoms. The van der Waals surface area contributed by atoms with Crippen molar-refractivity contribution in [1.82, 2.24) is 10.3 Å². The number of nitrogens with one attached hydrogen (secondary N) is 2. The number of carbonyl (C=O) groups is 2. The topological polar surface area (TPSA) is 80.3 Å². The van der Waals surface area contributed by atoms with Gasteiger partial charge < -0.3 is 15.4 Å². The Morgan fingerprint density at radius 2 is 1.88 bits per heavy atom. The summed E-state index contributed by atoms with van der Waals surface area (Å²) in [5, 5.41) is 5.48. The van der Waals surface area contributed by atoms with E-state index in [-0.39, 0.29) is 10.7 Å². The Balaban J connectivity index is 2.85. The zero-order valence-corrected chi connectivity index (χ0v) is 18.8. The van der Waals surface area contributed by atoms with E-state index in [0.717, 1.165) is 10.2 Å². The average Bonchev–Trinajstić information content (AvgIpc) is 2.44. The van der Waals surface area contributed by atoms with Crippen LogP contribution in [0.1, 0.15) is 47.1 Å². The molecule has 1 rings (SSSR count). The number of hydrogen-bond donors (Lipinski definition) is 2. The normalized spacial score (nSPS) is 13.1. The van der Waals surface area contributed by atoms with Crippen LogP contribution in [0.25, 0.3) is 0 Å². The van der Waals surface area contributed by atoms with E-state index in [1.54, 1.807) is 38.7 Å². The molecule has 0 spiro atoms. The molecule has 0 bridgehead atoms. The molecular formula is C18H28BrN3O3S. The number of rotatable bonds is 5. The zero-order chi connectivity index (χ0) is 20.1. The monoisotopic (exact) mass is 445 g/mol. The predicted octanol–water partition coefficient (Wildman–Crippen LogP) is 4.52. The van der Waals surface area contributed by atoms with Gasteiger partial charge >= 0.3 is 6.09 Å². The van der Waals surface area contributed by atoms with Gasteiger partial charge in [0.25, 0.3) is 0 Å². The predicted molar refractivity (Wildman–Crippen MR) is 111 cm³/mol. The van der Waals surface area contributed by atoms with Gasteiger partial charge in [0.05, 0.1) is 11.9 Å². The van der Waals surface area contributed by atoms with Crippen molar-refractivity contribution in [3.63, 3.8) is 0 Å². The zero-order valence-electron chi connectivity index (χ0n) is 16.4. The highest BCUT2D eigenvalue weighted by Gasteiger charge is 2.26. The molecule has 1 heterocycles. The van der Waals surface area contributed by atoms with Crippen LogP contribution in [0.4, 0.5) is 10.5 Å². The first-order valence-electron chi connectivity index (χ1n) is 8.33. The van der Waals surface area contributed by atoms with Gasteiger partial charge in [-0.05, 0) is 55.3 Å². The van der Waals surface area contributed by atoms with Crippen LogP contribution in [0, 0.1) is 6.92 Å². The van der Waals surface area contributed by atoms with Gasteiger partial charge in [0.1, 0.15) is 16.2 Å². The van der Waals surface area contributed by atoms with Gasteiger partial charge in [-0.15, -0.1) is 0 Å². The maximum atomic E-state index is 12.7. The van der Waals surface area contributed by atoms with Crippen LogP contribution >= 0.6 is 27.7 Å². The van der Waals surface area contributed by atoms with Crippen LogP contribution in [-0.2, 0) is 9.53 Å². The third-order valence-electron chi connectivity index (χ3n) is 2.97. The Hall–Kier alpha value is -1.28. The summed E-state index contributed by atoms with van der Waals surface area (Å²) in [6.45, 7) is 13.4. The van der Waals surface area contributed by atoms with Gasteiger partial charge in [-0.25, -0.2) is 9.78 Å². The first-order valence-corrected chi connectivity index (χ1v) is 10.1. The fraction of sp³-hybridized carbons (Fsp3) is 0.611. The van der Waals surface area contributed by atoms with Crippen molar-refractivity contribution < 1.29 is 14.3 Å². The molecule has 0 saturated heterocycles. The summed E-state index contributed by atoms with van der Waals surface area (Å²) in [6, 6.07) is 1.09. The van der Waals surface area contributed by atoms with Crippen LogP contribution in [0.3, 0.4) is 0 Å². The van der Waals surface area contributed by atoms with Crippen molar-refractivity contribution in [2.24, 2.45) is 0 Å². The van der Waals surface area contributed by atoms with Crippen molar-refractivity contribution >= 4 is 45.4 Å². The third kappa shape index (κ3) is 8.89. The molecule has 2 amide bonds. The number of carbonyl (C=O) groups excluding carboxylic acids is 2. The lowest BCUT2D eigenvalue weighted by Gasteiger charge is -2.25. The summed E-state index contributed by atoms with van der Waals surface area (Å²) < 4.78 is 5.96. The molecule has 0 aliphatic rings. The molecule has 0 fully saturated rings. The van der Waals surface area contributed by atoms with E-state index in [9.17, 15) is 9.59 Å². The first-order chi connectivity index (χ1) is 11.8. The lowest BCUT2D eigenvalue weighted by molar-refractivity contribution is -0.117. The Morgan fingerprint density at radius 3 is 2.38 bits per heavy atom. The molecule has 0 aliphatic heterocycles. The maximum absolute atomic E-state index is 12.7. The molecule has 0 radical (unpaired) electrons. The number of thioether (sulfide) groups is 1. The number of hydrogen-bond acceptors (Lipinski definition) is 5. The van der Waals surface area contributed by atoms with Gasteiger partial charge in [-0.2, -0.15) is 11.8 Å². The number of amides is 2. The summed E-state index contributed by atoms with van der Waals surface area (Å²) in [4.78, 5) is 29.0. The van der Waals surface area contributed by atoms with E-state index >= 15 is 0 Å². The number of halogens is 1. The highest BCUT2D eigenvalue weighted by Crippen LogP contribution is 2.24. The van der Waals surface area contributed by atoms with Gasteiger partial charge in [0.2, 0.25) is 5.91 Å². The van der Waals surface area contributed by atoms with Crippen molar-refractivity contribution in [3.8, 4) is 0 Å². The number of ether oxygens (including phenoxy) is 1. The highest BCUT2D eigenvalue weighted by atomic mass is 79.9. The summed E-state index contributed by atoms with van der Waals surface area (Å²) in [5.41, 5.74) is 0.852. The van der Waals surface area contributed by atoms with Gasteiger partial charge in [-0.3, -0.25) is 4.79 Å². The van der Waals surface area contributed by atoms with Crippen molar-refractivity contribution in [3.05, 3.63) is 22.4 Å². The summed E-state index contributed by atoms with van der Waals surface area (Å²) >= 11 is 4.92. The summed E-state index contributed by atoms with van der Waals surface area (Å²) in [6.07, 6.45) is 0.952. The second-order valence-electron chi connectivity index (χ2n) is 7.94. The molecule has 0 aromatic carbocycles. The Kier molecular flexibility index (Phi) is 7.95. The molecule has 0 aliphatic carbocycles. The van der Waals surface area contributed by atoms with E-state index in [2.05, 4.69) is 52.3 Å². The number of nitrogens with zero attached hydrogens (tertiary/aromatic N) is 1. The minimum absolute atomic E-state index is 0.0378. The molecule has 26 heavy (non-hydrogen) atoms. The number of anilines is 1. The number of aromatic nitrogens is 1. The molecule has 0 unspecified atom stereocenters. The fourth-order valence-corrected chi connectivity index (χ4v) is 2.94. The third-order valence-corrected chi connectivity index (χ3v) is 5.17. The second kappa shape index (κ2) is 9.08.